The highest BCUT2D eigenvalue weighted by Gasteiger charge is 2.15. The molecular weight excluding hydrogens is 530 g/mol. The number of benzene rings is 3. The number of carboxylic acid groups (broad SMARTS) is 2. The largest absolute Gasteiger partial charge is 0.494 e. The van der Waals surface area contributed by atoms with Crippen molar-refractivity contribution in [1.29, 1.82) is 0 Å². The highest BCUT2D eigenvalue weighted by Crippen LogP contribution is 2.31. The minimum Gasteiger partial charge on any atom is -0.494 e. The zero-order chi connectivity index (χ0) is 28.3. The van der Waals surface area contributed by atoms with Crippen LogP contribution >= 0.6 is 11.6 Å². The van der Waals surface area contributed by atoms with E-state index in [1.807, 2.05) is 72.8 Å². The molecule has 0 aliphatic carbocycles. The molecule has 7 nitrogen and oxygen atoms in total. The molecule has 0 unspecified atom stereocenters. The lowest BCUT2D eigenvalue weighted by molar-refractivity contribution is -0.138. The van der Waals surface area contributed by atoms with Crippen molar-refractivity contribution < 1.29 is 29.3 Å². The summed E-state index contributed by atoms with van der Waals surface area (Å²) in [6, 6.07) is 21.1. The van der Waals surface area contributed by atoms with Gasteiger partial charge in [0.1, 0.15) is 18.0 Å². The molecule has 0 fully saturated rings. The Morgan fingerprint density at radius 2 is 1.50 bits per heavy atom. The second kappa shape index (κ2) is 14.2. The van der Waals surface area contributed by atoms with Crippen molar-refractivity contribution in [3.63, 3.8) is 0 Å². The van der Waals surface area contributed by atoms with Crippen LogP contribution in [-0.2, 0) is 22.6 Å². The van der Waals surface area contributed by atoms with Gasteiger partial charge in [-0.25, -0.2) is 0 Å². The smallest absolute Gasteiger partial charge is 0.323 e. The molecule has 0 aliphatic rings. The molecule has 0 saturated heterocycles. The van der Waals surface area contributed by atoms with Gasteiger partial charge in [0.25, 0.3) is 0 Å². The molecule has 0 saturated carbocycles. The number of carboxylic acids is 2. The molecular formula is C32H32ClNO6. The first-order valence-electron chi connectivity index (χ1n) is 13.2. The van der Waals surface area contributed by atoms with Gasteiger partial charge in [0, 0.05) is 28.6 Å². The summed E-state index contributed by atoms with van der Waals surface area (Å²) in [5.74, 6) is -0.164. The standard InChI is InChI=1S/C32H32ClNO6/c33-26-19-24(32-29(20-26)25(7-6-10-30(35)36)21-34(32)22-31(37)38)14-11-23-12-15-28(16-13-23)40-18-5-4-17-39-27-8-2-1-3-9-27/h1-3,8-9,11-16,19-21H,4-7,10,17-18,22H2,(H,35,36)(H,37,38)/b14-11+. The lowest BCUT2D eigenvalue weighted by Crippen LogP contribution is -2.08. The Kier molecular flexibility index (Phi) is 10.2. The minimum absolute atomic E-state index is 0.0430. The summed E-state index contributed by atoms with van der Waals surface area (Å²) >= 11 is 6.43. The predicted molar refractivity (Wildman–Crippen MR) is 157 cm³/mol. The normalized spacial score (nSPS) is 11.2. The van der Waals surface area contributed by atoms with Crippen molar-refractivity contribution in [3.05, 3.63) is 94.6 Å². The van der Waals surface area contributed by atoms with E-state index < -0.39 is 11.9 Å². The number of hydrogen-bond donors (Lipinski definition) is 2. The minimum atomic E-state index is -0.960. The molecule has 2 N–H and O–H groups in total. The van der Waals surface area contributed by atoms with Crippen LogP contribution in [0.15, 0.2) is 72.9 Å². The van der Waals surface area contributed by atoms with Gasteiger partial charge in [0.15, 0.2) is 0 Å². The van der Waals surface area contributed by atoms with Crippen LogP contribution in [0.4, 0.5) is 0 Å². The maximum atomic E-state index is 11.5. The monoisotopic (exact) mass is 561 g/mol. The Morgan fingerprint density at radius 3 is 2.15 bits per heavy atom. The topological polar surface area (TPSA) is 98.0 Å². The van der Waals surface area contributed by atoms with Gasteiger partial charge in [-0.1, -0.05) is 54.1 Å². The summed E-state index contributed by atoms with van der Waals surface area (Å²) < 4.78 is 13.2. The maximum Gasteiger partial charge on any atom is 0.323 e. The van der Waals surface area contributed by atoms with Crippen molar-refractivity contribution in [2.24, 2.45) is 0 Å². The number of para-hydroxylation sites is 1. The van der Waals surface area contributed by atoms with E-state index >= 15 is 0 Å². The third-order valence-electron chi connectivity index (χ3n) is 6.35. The average Bonchev–Trinajstić information content (AvgIpc) is 3.26. The SMILES string of the molecule is O=C(O)CCCc1cn(CC(=O)O)c2c(/C=C/c3ccc(OCCCCOc4ccccc4)cc3)cc(Cl)cc12. The summed E-state index contributed by atoms with van der Waals surface area (Å²) in [7, 11) is 0. The number of fused-ring (bicyclic) bond motifs is 1. The van der Waals surface area contributed by atoms with E-state index in [1.54, 1.807) is 16.8 Å². The first-order valence-corrected chi connectivity index (χ1v) is 13.6. The van der Waals surface area contributed by atoms with Gasteiger partial charge in [-0.15, -0.1) is 0 Å². The van der Waals surface area contributed by atoms with Gasteiger partial charge >= 0.3 is 11.9 Å². The van der Waals surface area contributed by atoms with E-state index in [-0.39, 0.29) is 13.0 Å². The van der Waals surface area contributed by atoms with Gasteiger partial charge in [-0.05, 0) is 73.2 Å². The first-order chi connectivity index (χ1) is 19.4. The molecule has 208 valence electrons. The number of hydrogen-bond acceptors (Lipinski definition) is 4. The Bertz CT molecular complexity index is 1460. The first kappa shape index (κ1) is 28.8. The number of rotatable bonds is 15. The third kappa shape index (κ3) is 8.38. The molecule has 0 atom stereocenters. The zero-order valence-corrected chi connectivity index (χ0v) is 22.8. The van der Waals surface area contributed by atoms with Crippen molar-refractivity contribution >= 4 is 46.6 Å². The second-order valence-corrected chi connectivity index (χ2v) is 9.87. The van der Waals surface area contributed by atoms with Crippen LogP contribution in [0.1, 0.15) is 42.4 Å². The van der Waals surface area contributed by atoms with Gasteiger partial charge in [-0.3, -0.25) is 9.59 Å². The predicted octanol–water partition coefficient (Wildman–Crippen LogP) is 7.20. The van der Waals surface area contributed by atoms with Crippen LogP contribution in [-0.4, -0.2) is 39.9 Å². The molecule has 4 rings (SSSR count). The fourth-order valence-corrected chi connectivity index (χ4v) is 4.72. The van der Waals surface area contributed by atoms with Crippen LogP contribution in [0.3, 0.4) is 0 Å². The summed E-state index contributed by atoms with van der Waals surface area (Å²) in [5.41, 5.74) is 3.37. The molecule has 40 heavy (non-hydrogen) atoms. The Morgan fingerprint density at radius 1 is 0.825 bits per heavy atom. The van der Waals surface area contributed by atoms with Crippen molar-refractivity contribution in [3.8, 4) is 11.5 Å². The summed E-state index contributed by atoms with van der Waals surface area (Å²) in [5, 5.41) is 19.8. The Labute approximate surface area is 238 Å². The van der Waals surface area contributed by atoms with E-state index in [0.29, 0.717) is 31.1 Å². The number of aliphatic carboxylic acids is 2. The van der Waals surface area contributed by atoms with Gasteiger partial charge in [-0.2, -0.15) is 0 Å². The Balaban J connectivity index is 1.39. The van der Waals surface area contributed by atoms with E-state index in [1.165, 1.54) is 0 Å². The summed E-state index contributed by atoms with van der Waals surface area (Å²) in [6.45, 7) is 1.04. The second-order valence-electron chi connectivity index (χ2n) is 9.43. The van der Waals surface area contributed by atoms with E-state index in [9.17, 15) is 14.7 Å². The lowest BCUT2D eigenvalue weighted by Gasteiger charge is -2.08. The van der Waals surface area contributed by atoms with Gasteiger partial charge < -0.3 is 24.3 Å². The molecule has 1 aromatic heterocycles. The quantitative estimate of drug-likeness (QED) is 0.118. The number of aryl methyl sites for hydroxylation is 1. The number of halogens is 1. The van der Waals surface area contributed by atoms with Crippen molar-refractivity contribution in [1.82, 2.24) is 4.57 Å². The van der Waals surface area contributed by atoms with Crippen molar-refractivity contribution in [2.75, 3.05) is 13.2 Å². The summed E-state index contributed by atoms with van der Waals surface area (Å²) in [4.78, 5) is 22.5. The average molecular weight is 562 g/mol. The van der Waals surface area contributed by atoms with Crippen LogP contribution < -0.4 is 9.47 Å². The highest BCUT2D eigenvalue weighted by atomic mass is 35.5. The zero-order valence-electron chi connectivity index (χ0n) is 22.1. The third-order valence-corrected chi connectivity index (χ3v) is 6.56. The molecule has 1 heterocycles. The van der Waals surface area contributed by atoms with Crippen LogP contribution in [0.25, 0.3) is 23.1 Å². The summed E-state index contributed by atoms with van der Waals surface area (Å²) in [6.07, 6.45) is 8.43. The molecule has 8 heteroatoms. The van der Waals surface area contributed by atoms with Crippen LogP contribution in [0.2, 0.25) is 5.02 Å². The van der Waals surface area contributed by atoms with Crippen LogP contribution in [0, 0.1) is 0 Å². The molecule has 0 amide bonds. The fraction of sp³-hybridized carbons (Fsp3) is 0.250. The maximum absolute atomic E-state index is 11.5. The van der Waals surface area contributed by atoms with Crippen LogP contribution in [0.5, 0.6) is 11.5 Å². The molecule has 0 spiro atoms. The fourth-order valence-electron chi connectivity index (χ4n) is 4.50. The molecule has 0 aliphatic heterocycles. The molecule has 0 bridgehead atoms. The highest BCUT2D eigenvalue weighted by molar-refractivity contribution is 6.31. The number of unbranched alkanes of at least 4 members (excludes halogenated alkanes) is 1. The Hall–Kier alpha value is -4.23. The van der Waals surface area contributed by atoms with Gasteiger partial charge in [0.2, 0.25) is 0 Å². The number of aromatic nitrogens is 1. The van der Waals surface area contributed by atoms with Gasteiger partial charge in [0.05, 0.1) is 18.7 Å². The molecule has 4 aromatic rings. The molecule has 3 aromatic carbocycles. The van der Waals surface area contributed by atoms with E-state index in [4.69, 9.17) is 26.2 Å². The number of nitrogens with zero attached hydrogens (tertiary/aromatic N) is 1. The van der Waals surface area contributed by atoms with E-state index in [0.717, 1.165) is 51.9 Å². The van der Waals surface area contributed by atoms with Crippen molar-refractivity contribution in [2.45, 2.75) is 38.6 Å². The number of carbonyl (C=O) groups is 2. The molecule has 0 radical (unpaired) electrons. The van der Waals surface area contributed by atoms with E-state index in [2.05, 4.69) is 0 Å². The lowest BCUT2D eigenvalue weighted by atomic mass is 10.0. The number of ether oxygens (including phenoxy) is 2.